The van der Waals surface area contributed by atoms with Gasteiger partial charge in [-0.2, -0.15) is 4.98 Å². The molecule has 3 rings (SSSR count). The van der Waals surface area contributed by atoms with E-state index in [4.69, 9.17) is 27.9 Å². The van der Waals surface area contributed by atoms with Crippen molar-refractivity contribution in [3.05, 3.63) is 68.2 Å². The zero-order chi connectivity index (χ0) is 16.9. The van der Waals surface area contributed by atoms with Gasteiger partial charge in [0.1, 0.15) is 6.61 Å². The SMILES string of the molecule is Fc1cnc(OCc2c(Cl)cccc2Cl)nc1NCc1cccs1. The summed E-state index contributed by atoms with van der Waals surface area (Å²) in [6.07, 6.45) is 1.06. The van der Waals surface area contributed by atoms with E-state index in [9.17, 15) is 4.39 Å². The molecule has 4 nitrogen and oxygen atoms in total. The van der Waals surface area contributed by atoms with Crippen LogP contribution in [-0.4, -0.2) is 9.97 Å². The van der Waals surface area contributed by atoms with Crippen LogP contribution < -0.4 is 10.1 Å². The maximum absolute atomic E-state index is 13.8. The summed E-state index contributed by atoms with van der Waals surface area (Å²) in [7, 11) is 0. The lowest BCUT2D eigenvalue weighted by Crippen LogP contribution is -2.06. The van der Waals surface area contributed by atoms with Crippen LogP contribution in [0.4, 0.5) is 10.2 Å². The van der Waals surface area contributed by atoms with E-state index in [1.54, 1.807) is 29.5 Å². The van der Waals surface area contributed by atoms with Crippen LogP contribution in [0.2, 0.25) is 10.0 Å². The van der Waals surface area contributed by atoms with E-state index in [2.05, 4.69) is 15.3 Å². The Kier molecular flexibility index (Phi) is 5.50. The Morgan fingerprint density at radius 1 is 1.17 bits per heavy atom. The molecule has 0 aliphatic heterocycles. The van der Waals surface area contributed by atoms with E-state index in [0.29, 0.717) is 22.2 Å². The standard InChI is InChI=1S/C16H12Cl2FN3OS/c17-12-4-1-5-13(18)11(12)9-23-16-21-8-14(19)15(22-16)20-7-10-3-2-6-24-10/h1-6,8H,7,9H2,(H,20,21,22). The van der Waals surface area contributed by atoms with Gasteiger partial charge in [0.15, 0.2) is 11.6 Å². The highest BCUT2D eigenvalue weighted by atomic mass is 35.5. The lowest BCUT2D eigenvalue weighted by molar-refractivity contribution is 0.280. The second-order valence-corrected chi connectivity index (χ2v) is 6.62. The number of ether oxygens (including phenoxy) is 1. The third-order valence-electron chi connectivity index (χ3n) is 3.14. The Bertz CT molecular complexity index is 810. The fourth-order valence-corrected chi connectivity index (χ4v) is 3.09. The van der Waals surface area contributed by atoms with Gasteiger partial charge in [0.05, 0.1) is 12.7 Å². The van der Waals surface area contributed by atoms with Crippen molar-refractivity contribution < 1.29 is 9.13 Å². The summed E-state index contributed by atoms with van der Waals surface area (Å²) in [6, 6.07) is 9.10. The van der Waals surface area contributed by atoms with Gasteiger partial charge >= 0.3 is 6.01 Å². The molecule has 0 amide bonds. The first-order chi connectivity index (χ1) is 11.6. The second-order valence-electron chi connectivity index (χ2n) is 4.77. The molecule has 1 N–H and O–H groups in total. The van der Waals surface area contributed by atoms with Gasteiger partial charge in [-0.05, 0) is 23.6 Å². The monoisotopic (exact) mass is 383 g/mol. The Balaban J connectivity index is 1.69. The van der Waals surface area contributed by atoms with Gasteiger partial charge in [-0.1, -0.05) is 35.3 Å². The average molecular weight is 384 g/mol. The molecule has 0 fully saturated rings. The van der Waals surface area contributed by atoms with E-state index < -0.39 is 5.82 Å². The molecule has 2 heterocycles. The third-order valence-corrected chi connectivity index (χ3v) is 4.72. The van der Waals surface area contributed by atoms with Crippen LogP contribution in [-0.2, 0) is 13.2 Å². The number of nitrogens with zero attached hydrogens (tertiary/aromatic N) is 2. The lowest BCUT2D eigenvalue weighted by atomic mass is 10.2. The molecule has 24 heavy (non-hydrogen) atoms. The molecule has 0 bridgehead atoms. The number of halogens is 3. The second kappa shape index (κ2) is 7.79. The Morgan fingerprint density at radius 2 is 1.96 bits per heavy atom. The van der Waals surface area contributed by atoms with E-state index in [1.165, 1.54) is 0 Å². The van der Waals surface area contributed by atoms with Crippen molar-refractivity contribution >= 4 is 40.4 Å². The van der Waals surface area contributed by atoms with Gasteiger partial charge in [-0.25, -0.2) is 9.37 Å². The van der Waals surface area contributed by atoms with Crippen molar-refractivity contribution in [1.82, 2.24) is 9.97 Å². The molecule has 8 heteroatoms. The largest absolute Gasteiger partial charge is 0.458 e. The van der Waals surface area contributed by atoms with Crippen molar-refractivity contribution in [1.29, 1.82) is 0 Å². The third kappa shape index (κ3) is 4.14. The summed E-state index contributed by atoms with van der Waals surface area (Å²) in [6.45, 7) is 0.565. The molecule has 0 unspecified atom stereocenters. The van der Waals surface area contributed by atoms with Gasteiger partial charge in [0.2, 0.25) is 0 Å². The minimum absolute atomic E-state index is 0.0427. The van der Waals surface area contributed by atoms with Crippen LogP contribution in [0, 0.1) is 5.82 Å². The summed E-state index contributed by atoms with van der Waals surface area (Å²) in [5.41, 5.74) is 0.627. The fraction of sp³-hybridized carbons (Fsp3) is 0.125. The predicted octanol–water partition coefficient (Wildman–Crippen LogP) is 5.18. The first kappa shape index (κ1) is 17.0. The zero-order valence-corrected chi connectivity index (χ0v) is 14.6. The first-order valence-electron chi connectivity index (χ1n) is 6.98. The van der Waals surface area contributed by atoms with Gasteiger partial charge in [-0.15, -0.1) is 11.3 Å². The highest BCUT2D eigenvalue weighted by Crippen LogP contribution is 2.25. The Morgan fingerprint density at radius 3 is 2.67 bits per heavy atom. The molecule has 0 saturated heterocycles. The van der Waals surface area contributed by atoms with Crippen LogP contribution in [0.5, 0.6) is 6.01 Å². The highest BCUT2D eigenvalue weighted by molar-refractivity contribution is 7.09. The summed E-state index contributed by atoms with van der Waals surface area (Å²) in [5.74, 6) is -0.465. The maximum atomic E-state index is 13.8. The minimum Gasteiger partial charge on any atom is -0.458 e. The van der Waals surface area contributed by atoms with Gasteiger partial charge < -0.3 is 10.1 Å². The summed E-state index contributed by atoms with van der Waals surface area (Å²) in [5, 5.41) is 5.86. The number of hydrogen-bond acceptors (Lipinski definition) is 5. The van der Waals surface area contributed by atoms with Crippen molar-refractivity contribution in [3.8, 4) is 6.01 Å². The van der Waals surface area contributed by atoms with Crippen LogP contribution in [0.15, 0.2) is 41.9 Å². The number of rotatable bonds is 6. The quantitative estimate of drug-likeness (QED) is 0.637. The number of nitrogens with one attached hydrogen (secondary N) is 1. The molecular weight excluding hydrogens is 372 g/mol. The predicted molar refractivity (Wildman–Crippen MR) is 94.4 cm³/mol. The van der Waals surface area contributed by atoms with Crippen LogP contribution in [0.25, 0.3) is 0 Å². The Hall–Kier alpha value is -1.89. The molecule has 0 aliphatic rings. The van der Waals surface area contributed by atoms with Crippen LogP contribution in [0.1, 0.15) is 10.4 Å². The molecule has 3 aromatic rings. The molecule has 0 radical (unpaired) electrons. The van der Waals surface area contributed by atoms with E-state index in [-0.39, 0.29) is 18.4 Å². The van der Waals surface area contributed by atoms with Crippen molar-refractivity contribution in [2.75, 3.05) is 5.32 Å². The molecule has 2 aromatic heterocycles. The van der Waals surface area contributed by atoms with Crippen molar-refractivity contribution in [2.45, 2.75) is 13.2 Å². The summed E-state index contributed by atoms with van der Waals surface area (Å²) >= 11 is 13.7. The average Bonchev–Trinajstić information content (AvgIpc) is 3.08. The van der Waals surface area contributed by atoms with Crippen molar-refractivity contribution in [3.63, 3.8) is 0 Å². The zero-order valence-electron chi connectivity index (χ0n) is 12.3. The normalized spacial score (nSPS) is 10.6. The van der Waals surface area contributed by atoms with Gasteiger partial charge in [-0.3, -0.25) is 0 Å². The summed E-state index contributed by atoms with van der Waals surface area (Å²) in [4.78, 5) is 8.94. The lowest BCUT2D eigenvalue weighted by Gasteiger charge is -2.10. The number of thiophene rings is 1. The minimum atomic E-state index is -0.547. The first-order valence-corrected chi connectivity index (χ1v) is 8.61. The van der Waals surface area contributed by atoms with E-state index in [0.717, 1.165) is 11.1 Å². The molecule has 0 aliphatic carbocycles. The molecule has 0 saturated carbocycles. The maximum Gasteiger partial charge on any atom is 0.318 e. The van der Waals surface area contributed by atoms with E-state index >= 15 is 0 Å². The van der Waals surface area contributed by atoms with E-state index in [1.807, 2.05) is 17.5 Å². The smallest absolute Gasteiger partial charge is 0.318 e. The van der Waals surface area contributed by atoms with Gasteiger partial charge in [0.25, 0.3) is 0 Å². The molecule has 124 valence electrons. The number of aromatic nitrogens is 2. The van der Waals surface area contributed by atoms with Gasteiger partial charge in [0, 0.05) is 20.5 Å². The van der Waals surface area contributed by atoms with Crippen molar-refractivity contribution in [2.24, 2.45) is 0 Å². The Labute approximate surface area is 152 Å². The number of hydrogen-bond donors (Lipinski definition) is 1. The van der Waals surface area contributed by atoms with Crippen LogP contribution in [0.3, 0.4) is 0 Å². The number of benzene rings is 1. The molecule has 0 spiro atoms. The highest BCUT2D eigenvalue weighted by Gasteiger charge is 2.11. The fourth-order valence-electron chi connectivity index (χ4n) is 1.94. The molecular formula is C16H12Cl2FN3OS. The number of anilines is 1. The molecule has 1 aromatic carbocycles. The summed E-state index contributed by atoms with van der Waals surface area (Å²) < 4.78 is 19.3. The van der Waals surface area contributed by atoms with Crippen LogP contribution >= 0.6 is 34.5 Å². The molecule has 0 atom stereocenters. The topological polar surface area (TPSA) is 47.0 Å².